The molecule has 3 N–H and O–H groups in total. The molecular weight excluding hydrogens is 714 g/mol. The molecule has 2 amide bonds. The van der Waals surface area contributed by atoms with Crippen molar-refractivity contribution < 1.29 is 71.5 Å². The number of unbranched alkanes of at least 4 members (excludes halogenated alkanes) is 1. The van der Waals surface area contributed by atoms with Crippen molar-refractivity contribution in [3.8, 4) is 5.75 Å². The SMILES string of the molecule is COC(=O)[C@@]1(Oc2ccc(CNCCCCNC(=O)OC(C)(C)C)cc2)C[C@H](OC(C)=O)[C@@H](NC(C)=O)[C@H]([C@H](OC(C)=O)[C@@H](COC(C)=O)OC(C)=O)O1. The van der Waals surface area contributed by atoms with Crippen LogP contribution in [0.3, 0.4) is 0 Å². The topological polar surface area (TPSA) is 229 Å². The van der Waals surface area contributed by atoms with Gasteiger partial charge in [0.1, 0.15) is 30.2 Å². The van der Waals surface area contributed by atoms with Gasteiger partial charge in [-0.2, -0.15) is 0 Å². The van der Waals surface area contributed by atoms with E-state index in [4.69, 9.17) is 37.9 Å². The minimum absolute atomic E-state index is 0.121. The summed E-state index contributed by atoms with van der Waals surface area (Å²) in [4.78, 5) is 86.6. The molecular formula is C36H53N3O15. The molecule has 1 fully saturated rings. The molecule has 0 aromatic heterocycles. The molecule has 302 valence electrons. The Bertz CT molecular complexity index is 1460. The Labute approximate surface area is 314 Å². The zero-order valence-electron chi connectivity index (χ0n) is 32.3. The Kier molecular flexibility index (Phi) is 17.6. The Morgan fingerprint density at radius 1 is 0.870 bits per heavy atom. The maximum absolute atomic E-state index is 13.6. The van der Waals surface area contributed by atoms with E-state index in [9.17, 15) is 33.6 Å². The van der Waals surface area contributed by atoms with Crippen molar-refractivity contribution in [1.29, 1.82) is 0 Å². The lowest BCUT2D eigenvalue weighted by Gasteiger charge is -2.48. The summed E-state index contributed by atoms with van der Waals surface area (Å²) >= 11 is 0. The number of amides is 2. The fourth-order valence-corrected chi connectivity index (χ4v) is 5.48. The second-order valence-electron chi connectivity index (χ2n) is 13.5. The van der Waals surface area contributed by atoms with E-state index in [0.29, 0.717) is 19.6 Å². The summed E-state index contributed by atoms with van der Waals surface area (Å²) in [6, 6.07) is 5.28. The summed E-state index contributed by atoms with van der Waals surface area (Å²) in [6.07, 6.45) is -5.67. The number of benzene rings is 1. The molecule has 1 aliphatic heterocycles. The first kappa shape index (κ1) is 45.2. The van der Waals surface area contributed by atoms with Gasteiger partial charge < -0.3 is 53.8 Å². The van der Waals surface area contributed by atoms with E-state index >= 15 is 0 Å². The van der Waals surface area contributed by atoms with Crippen LogP contribution in [0, 0.1) is 0 Å². The molecule has 0 radical (unpaired) electrons. The monoisotopic (exact) mass is 767 g/mol. The molecule has 0 saturated carbocycles. The van der Waals surface area contributed by atoms with Crippen LogP contribution in [0.5, 0.6) is 5.75 Å². The molecule has 1 aliphatic rings. The Hall–Kier alpha value is -4.97. The van der Waals surface area contributed by atoms with Crippen LogP contribution in [0.1, 0.15) is 80.2 Å². The number of hydrogen-bond acceptors (Lipinski definition) is 16. The average molecular weight is 768 g/mol. The van der Waals surface area contributed by atoms with Gasteiger partial charge in [-0.3, -0.25) is 24.0 Å². The van der Waals surface area contributed by atoms with Gasteiger partial charge in [-0.25, -0.2) is 9.59 Å². The van der Waals surface area contributed by atoms with Crippen molar-refractivity contribution in [2.45, 2.75) is 123 Å². The second-order valence-corrected chi connectivity index (χ2v) is 13.5. The number of nitrogens with one attached hydrogen (secondary N) is 3. The average Bonchev–Trinajstić information content (AvgIpc) is 3.05. The van der Waals surface area contributed by atoms with Gasteiger partial charge in [0.15, 0.2) is 12.2 Å². The highest BCUT2D eigenvalue weighted by molar-refractivity contribution is 5.79. The molecule has 0 unspecified atom stereocenters. The van der Waals surface area contributed by atoms with Crippen LogP contribution >= 0.6 is 0 Å². The predicted octanol–water partition coefficient (Wildman–Crippen LogP) is 1.98. The lowest BCUT2D eigenvalue weighted by molar-refractivity contribution is -0.289. The van der Waals surface area contributed by atoms with Crippen LogP contribution in [0.4, 0.5) is 4.79 Å². The summed E-state index contributed by atoms with van der Waals surface area (Å²) in [5.41, 5.74) is 0.288. The zero-order chi connectivity index (χ0) is 40.6. The fourth-order valence-electron chi connectivity index (χ4n) is 5.48. The van der Waals surface area contributed by atoms with E-state index in [2.05, 4.69) is 16.0 Å². The van der Waals surface area contributed by atoms with Gasteiger partial charge in [0, 0.05) is 47.7 Å². The smallest absolute Gasteiger partial charge is 0.407 e. The number of carbonyl (C=O) groups excluding carboxylic acids is 7. The summed E-state index contributed by atoms with van der Waals surface area (Å²) in [6.45, 7) is 11.9. The van der Waals surface area contributed by atoms with Crippen LogP contribution < -0.4 is 20.7 Å². The molecule has 1 saturated heterocycles. The third-order valence-corrected chi connectivity index (χ3v) is 7.48. The summed E-state index contributed by atoms with van der Waals surface area (Å²) in [5.74, 6) is -7.27. The third kappa shape index (κ3) is 15.6. The lowest BCUT2D eigenvalue weighted by atomic mass is 9.88. The largest absolute Gasteiger partial charge is 0.464 e. The van der Waals surface area contributed by atoms with Crippen molar-refractivity contribution in [2.75, 3.05) is 26.8 Å². The summed E-state index contributed by atoms with van der Waals surface area (Å²) in [5, 5.41) is 8.63. The van der Waals surface area contributed by atoms with Crippen molar-refractivity contribution in [2.24, 2.45) is 0 Å². The van der Waals surface area contributed by atoms with Crippen LogP contribution in [-0.2, 0) is 68.5 Å². The Morgan fingerprint density at radius 2 is 1.50 bits per heavy atom. The molecule has 1 heterocycles. The van der Waals surface area contributed by atoms with Crippen molar-refractivity contribution in [3.63, 3.8) is 0 Å². The van der Waals surface area contributed by atoms with Crippen LogP contribution in [-0.4, -0.2) is 110 Å². The Morgan fingerprint density at radius 3 is 2.04 bits per heavy atom. The summed E-state index contributed by atoms with van der Waals surface area (Å²) < 4.78 is 44.4. The first-order chi connectivity index (χ1) is 25.2. The van der Waals surface area contributed by atoms with Crippen molar-refractivity contribution in [1.82, 2.24) is 16.0 Å². The van der Waals surface area contributed by atoms with E-state index in [1.54, 1.807) is 45.0 Å². The van der Waals surface area contributed by atoms with E-state index in [-0.39, 0.29) is 5.75 Å². The van der Waals surface area contributed by atoms with Crippen molar-refractivity contribution >= 4 is 41.8 Å². The van der Waals surface area contributed by atoms with Gasteiger partial charge >= 0.3 is 41.7 Å². The molecule has 18 heteroatoms. The van der Waals surface area contributed by atoms with Gasteiger partial charge in [0.2, 0.25) is 5.91 Å². The molecule has 1 aromatic carbocycles. The highest BCUT2D eigenvalue weighted by Crippen LogP contribution is 2.38. The van der Waals surface area contributed by atoms with E-state index in [0.717, 1.165) is 53.2 Å². The predicted molar refractivity (Wildman–Crippen MR) is 187 cm³/mol. The quantitative estimate of drug-likeness (QED) is 0.110. The molecule has 18 nitrogen and oxygen atoms in total. The zero-order valence-corrected chi connectivity index (χ0v) is 32.3. The molecule has 0 spiro atoms. The van der Waals surface area contributed by atoms with Gasteiger partial charge in [-0.1, -0.05) is 12.1 Å². The van der Waals surface area contributed by atoms with E-state index < -0.39 is 96.7 Å². The Balaban J connectivity index is 2.38. The minimum atomic E-state index is -2.39. The van der Waals surface area contributed by atoms with E-state index in [1.165, 1.54) is 6.92 Å². The third-order valence-electron chi connectivity index (χ3n) is 7.48. The summed E-state index contributed by atoms with van der Waals surface area (Å²) in [7, 11) is 1.07. The fraction of sp³-hybridized carbons (Fsp3) is 0.639. The van der Waals surface area contributed by atoms with Crippen molar-refractivity contribution in [3.05, 3.63) is 29.8 Å². The molecule has 54 heavy (non-hydrogen) atoms. The number of hydrogen-bond donors (Lipinski definition) is 3. The van der Waals surface area contributed by atoms with E-state index in [1.807, 2.05) is 0 Å². The molecule has 1 aromatic rings. The number of esters is 5. The highest BCUT2D eigenvalue weighted by atomic mass is 16.7. The van der Waals surface area contributed by atoms with Gasteiger partial charge in [-0.15, -0.1) is 0 Å². The van der Waals surface area contributed by atoms with Gasteiger partial charge in [0.05, 0.1) is 19.6 Å². The second kappa shape index (κ2) is 21.1. The standard InChI is InChI=1S/C36H53N3O15/c1-21(40)39-30-28(49-23(3)42)18-36(33(45)47-9,53-32(30)31(51-25(5)44)29(50-24(4)43)20-48-22(2)41)52-27-14-12-26(13-15-27)19-37-16-10-11-17-38-34(46)54-35(6,7)8/h12-15,28-32,37H,10-11,16-20H2,1-9H3,(H,38,46)(H,39,40)/t28-,29+,30+,31+,32+,36+/m0/s1. The normalized spacial score (nSPS) is 20.6. The maximum Gasteiger partial charge on any atom is 0.407 e. The van der Waals surface area contributed by atoms with Crippen LogP contribution in [0.2, 0.25) is 0 Å². The lowest BCUT2D eigenvalue weighted by Crippen LogP contribution is -2.70. The van der Waals surface area contributed by atoms with Crippen LogP contribution in [0.25, 0.3) is 0 Å². The molecule has 6 atom stereocenters. The number of carbonyl (C=O) groups is 7. The minimum Gasteiger partial charge on any atom is -0.464 e. The first-order valence-corrected chi connectivity index (χ1v) is 17.4. The number of alkyl carbamates (subject to hydrolysis) is 1. The molecule has 0 aliphatic carbocycles. The first-order valence-electron chi connectivity index (χ1n) is 17.4. The highest BCUT2D eigenvalue weighted by Gasteiger charge is 2.60. The molecule has 2 rings (SSSR count). The van der Waals surface area contributed by atoms with Gasteiger partial charge in [-0.05, 0) is 57.9 Å². The number of rotatable bonds is 18. The maximum atomic E-state index is 13.6. The number of ether oxygens (including phenoxy) is 8. The molecule has 0 bridgehead atoms. The van der Waals surface area contributed by atoms with Crippen LogP contribution in [0.15, 0.2) is 24.3 Å². The number of methoxy groups -OCH3 is 1. The van der Waals surface area contributed by atoms with Gasteiger partial charge in [0.25, 0.3) is 0 Å².